The molecular weight excluding hydrogens is 550 g/mol. The summed E-state index contributed by atoms with van der Waals surface area (Å²) in [6.45, 7) is 9.81. The van der Waals surface area contributed by atoms with Crippen molar-refractivity contribution in [3.05, 3.63) is 107 Å². The van der Waals surface area contributed by atoms with Crippen molar-refractivity contribution in [3.63, 3.8) is 0 Å². The number of carbonyl (C=O) groups excluding carboxylic acids is 2. The van der Waals surface area contributed by atoms with Crippen molar-refractivity contribution in [2.24, 2.45) is 5.92 Å². The molecule has 230 valence electrons. The van der Waals surface area contributed by atoms with Crippen LogP contribution in [-0.2, 0) is 21.4 Å². The Morgan fingerprint density at radius 1 is 0.932 bits per heavy atom. The number of aryl methyl sites for hydroxylation is 1. The van der Waals surface area contributed by atoms with Crippen molar-refractivity contribution in [2.75, 3.05) is 30.8 Å². The summed E-state index contributed by atoms with van der Waals surface area (Å²) in [5.74, 6) is 1.14. The molecule has 0 aliphatic carbocycles. The monoisotopic (exact) mass is 593 g/mol. The lowest BCUT2D eigenvalue weighted by atomic mass is 9.90. The van der Waals surface area contributed by atoms with Gasteiger partial charge in [0.15, 0.2) is 6.10 Å². The Bertz CT molecular complexity index is 1550. The zero-order valence-corrected chi connectivity index (χ0v) is 26.3. The number of amides is 3. The molecule has 1 aliphatic heterocycles. The number of anilines is 2. The highest BCUT2D eigenvalue weighted by Gasteiger charge is 2.29. The Hall–Kier alpha value is -4.43. The van der Waals surface area contributed by atoms with E-state index in [2.05, 4.69) is 43.5 Å². The number of likely N-dealkylation sites (tertiary alicyclic amines) is 1. The standard InChI is InChI=1S/C36H43N5O3/c1-25-11-17-30(18-12-25)41-32(24-31(39-41)36(2,3)4)38-35(43)37-29-15-13-26(14-16-29)23-27-19-21-40(22-20-27)34(42)33(44-5)28-9-7-6-8-10-28/h6-18,24,27,33H,19-23H2,1-5H3,(H2,37,38,43)/t33-/m1/s1. The second kappa shape index (κ2) is 13.5. The Morgan fingerprint density at radius 2 is 1.59 bits per heavy atom. The van der Waals surface area contributed by atoms with Crippen LogP contribution in [0.15, 0.2) is 84.9 Å². The van der Waals surface area contributed by atoms with Crippen LogP contribution < -0.4 is 10.6 Å². The fraction of sp³-hybridized carbons (Fsp3) is 0.361. The first-order valence-electron chi connectivity index (χ1n) is 15.3. The molecule has 2 heterocycles. The predicted molar refractivity (Wildman–Crippen MR) is 175 cm³/mol. The minimum absolute atomic E-state index is 0.0300. The highest BCUT2D eigenvalue weighted by Crippen LogP contribution is 2.28. The van der Waals surface area contributed by atoms with Gasteiger partial charge in [-0.25, -0.2) is 9.48 Å². The number of aromatic nitrogens is 2. The van der Waals surface area contributed by atoms with Crippen molar-refractivity contribution >= 4 is 23.4 Å². The van der Waals surface area contributed by atoms with Gasteiger partial charge >= 0.3 is 6.03 Å². The van der Waals surface area contributed by atoms with Gasteiger partial charge in [-0.15, -0.1) is 0 Å². The smallest absolute Gasteiger partial charge is 0.324 e. The Balaban J connectivity index is 1.15. The van der Waals surface area contributed by atoms with Crippen LogP contribution in [0.4, 0.5) is 16.3 Å². The van der Waals surface area contributed by atoms with Gasteiger partial charge in [0.2, 0.25) is 0 Å². The summed E-state index contributed by atoms with van der Waals surface area (Å²) in [5, 5.41) is 10.7. The zero-order valence-electron chi connectivity index (χ0n) is 26.3. The van der Waals surface area contributed by atoms with Gasteiger partial charge in [0, 0.05) is 37.4 Å². The Morgan fingerprint density at radius 3 is 2.20 bits per heavy atom. The van der Waals surface area contributed by atoms with E-state index in [1.165, 1.54) is 5.56 Å². The minimum Gasteiger partial charge on any atom is -0.367 e. The number of hydrogen-bond acceptors (Lipinski definition) is 4. The lowest BCUT2D eigenvalue weighted by Crippen LogP contribution is -2.41. The van der Waals surface area contributed by atoms with Crippen LogP contribution in [0.1, 0.15) is 62.1 Å². The summed E-state index contributed by atoms with van der Waals surface area (Å²) < 4.78 is 7.34. The molecular formula is C36H43N5O3. The maximum atomic E-state index is 13.1. The van der Waals surface area contributed by atoms with E-state index < -0.39 is 6.10 Å². The normalized spacial score (nSPS) is 14.7. The van der Waals surface area contributed by atoms with Crippen molar-refractivity contribution in [1.29, 1.82) is 0 Å². The molecule has 3 aromatic carbocycles. The molecule has 1 aromatic heterocycles. The summed E-state index contributed by atoms with van der Waals surface area (Å²) in [6.07, 6.45) is 2.27. The number of urea groups is 1. The molecule has 0 radical (unpaired) electrons. The predicted octanol–water partition coefficient (Wildman–Crippen LogP) is 7.29. The van der Waals surface area contributed by atoms with Gasteiger partial charge in [-0.2, -0.15) is 5.10 Å². The lowest BCUT2D eigenvalue weighted by Gasteiger charge is -2.34. The maximum Gasteiger partial charge on any atom is 0.324 e. The number of hydrogen-bond donors (Lipinski definition) is 2. The summed E-state index contributed by atoms with van der Waals surface area (Å²) in [6, 6.07) is 27.3. The third kappa shape index (κ3) is 7.55. The van der Waals surface area contributed by atoms with Gasteiger partial charge in [-0.1, -0.05) is 80.9 Å². The molecule has 44 heavy (non-hydrogen) atoms. The van der Waals surface area contributed by atoms with E-state index in [1.807, 2.05) is 84.6 Å². The second-order valence-corrected chi connectivity index (χ2v) is 12.7. The molecule has 0 bridgehead atoms. The molecule has 4 aromatic rings. The van der Waals surface area contributed by atoms with Crippen LogP contribution in [0.25, 0.3) is 5.69 Å². The molecule has 3 amide bonds. The topological polar surface area (TPSA) is 88.5 Å². The third-order valence-electron chi connectivity index (χ3n) is 8.22. The molecule has 2 N–H and O–H groups in total. The van der Waals surface area contributed by atoms with Gasteiger partial charge in [0.1, 0.15) is 5.82 Å². The highest BCUT2D eigenvalue weighted by atomic mass is 16.5. The van der Waals surface area contributed by atoms with Crippen LogP contribution in [0.3, 0.4) is 0 Å². The first-order chi connectivity index (χ1) is 21.1. The molecule has 0 unspecified atom stereocenters. The fourth-order valence-electron chi connectivity index (χ4n) is 5.59. The number of carbonyl (C=O) groups is 2. The van der Waals surface area contributed by atoms with Crippen LogP contribution in [0.5, 0.6) is 0 Å². The third-order valence-corrected chi connectivity index (χ3v) is 8.22. The van der Waals surface area contributed by atoms with Crippen LogP contribution in [0, 0.1) is 12.8 Å². The van der Waals surface area contributed by atoms with Crippen molar-refractivity contribution < 1.29 is 14.3 Å². The van der Waals surface area contributed by atoms with Gasteiger partial charge in [0.25, 0.3) is 5.91 Å². The van der Waals surface area contributed by atoms with Crippen molar-refractivity contribution in [3.8, 4) is 5.69 Å². The average Bonchev–Trinajstić information content (AvgIpc) is 3.44. The molecule has 1 saturated heterocycles. The number of rotatable bonds is 8. The van der Waals surface area contributed by atoms with Gasteiger partial charge in [-0.05, 0) is 67.5 Å². The molecule has 8 heteroatoms. The van der Waals surface area contributed by atoms with Crippen LogP contribution >= 0.6 is 0 Å². The van der Waals surface area contributed by atoms with Gasteiger partial charge in [0.05, 0.1) is 11.4 Å². The number of benzene rings is 3. The molecule has 1 fully saturated rings. The first kappa shape index (κ1) is 31.0. The van der Waals surface area contributed by atoms with Gasteiger partial charge in [-0.3, -0.25) is 10.1 Å². The number of nitrogens with one attached hydrogen (secondary N) is 2. The van der Waals surface area contributed by atoms with E-state index >= 15 is 0 Å². The largest absolute Gasteiger partial charge is 0.367 e. The number of methoxy groups -OCH3 is 1. The molecule has 0 spiro atoms. The highest BCUT2D eigenvalue weighted by molar-refractivity contribution is 5.99. The van der Waals surface area contributed by atoms with E-state index in [0.717, 1.165) is 60.5 Å². The quantitative estimate of drug-likeness (QED) is 0.225. The fourth-order valence-corrected chi connectivity index (χ4v) is 5.59. The van der Waals surface area contributed by atoms with Crippen molar-refractivity contribution in [1.82, 2.24) is 14.7 Å². The average molecular weight is 594 g/mol. The van der Waals surface area contributed by atoms with E-state index in [1.54, 1.807) is 11.8 Å². The van der Waals surface area contributed by atoms with E-state index in [0.29, 0.717) is 11.7 Å². The van der Waals surface area contributed by atoms with Crippen molar-refractivity contribution in [2.45, 2.75) is 58.5 Å². The summed E-state index contributed by atoms with van der Waals surface area (Å²) >= 11 is 0. The molecule has 1 atom stereocenters. The summed E-state index contributed by atoms with van der Waals surface area (Å²) in [7, 11) is 1.59. The number of piperidine rings is 1. The molecule has 0 saturated carbocycles. The first-order valence-corrected chi connectivity index (χ1v) is 15.3. The zero-order chi connectivity index (χ0) is 31.3. The summed E-state index contributed by atoms with van der Waals surface area (Å²) in [4.78, 5) is 28.1. The number of ether oxygens (including phenoxy) is 1. The lowest BCUT2D eigenvalue weighted by molar-refractivity contribution is -0.143. The van der Waals surface area contributed by atoms with Crippen LogP contribution in [-0.4, -0.2) is 46.8 Å². The SMILES string of the molecule is CO[C@@H](C(=O)N1CCC(Cc2ccc(NC(=O)Nc3cc(C(C)(C)C)nn3-c3ccc(C)cc3)cc2)CC1)c1ccccc1. The van der Waals surface area contributed by atoms with Crippen LogP contribution in [0.2, 0.25) is 0 Å². The second-order valence-electron chi connectivity index (χ2n) is 12.7. The Labute approximate surface area is 260 Å². The van der Waals surface area contributed by atoms with E-state index in [4.69, 9.17) is 9.84 Å². The minimum atomic E-state index is -0.561. The maximum absolute atomic E-state index is 13.1. The Kier molecular flexibility index (Phi) is 9.49. The van der Waals surface area contributed by atoms with E-state index in [-0.39, 0.29) is 17.4 Å². The molecule has 5 rings (SSSR count). The van der Waals surface area contributed by atoms with E-state index in [9.17, 15) is 9.59 Å². The van der Waals surface area contributed by atoms with Gasteiger partial charge < -0.3 is 15.0 Å². The molecule has 1 aliphatic rings. The number of nitrogens with zero attached hydrogens (tertiary/aromatic N) is 3. The summed E-state index contributed by atoms with van der Waals surface area (Å²) in [5.41, 5.74) is 5.59. The molecule has 8 nitrogen and oxygen atoms in total.